The first-order valence-electron chi connectivity index (χ1n) is 17.0. The van der Waals surface area contributed by atoms with E-state index in [1.807, 2.05) is 18.2 Å². The number of methoxy groups -OCH3 is 2. The Labute approximate surface area is 296 Å². The second-order valence-corrected chi connectivity index (χ2v) is 15.8. The highest BCUT2D eigenvalue weighted by atomic mass is 32.1. The van der Waals surface area contributed by atoms with Gasteiger partial charge in [0, 0.05) is 48.1 Å². The van der Waals surface area contributed by atoms with Gasteiger partial charge in [-0.1, -0.05) is 59.9 Å². The molecular formula is C42H51N4O2S+3. The van der Waals surface area contributed by atoms with Crippen LogP contribution in [0.15, 0.2) is 97.2 Å². The van der Waals surface area contributed by atoms with E-state index < -0.39 is 0 Å². The third kappa shape index (κ3) is 7.91. The van der Waals surface area contributed by atoms with Crippen LogP contribution in [-0.4, -0.2) is 71.5 Å². The van der Waals surface area contributed by atoms with Gasteiger partial charge in [-0.05, 0) is 53.1 Å². The number of rotatable bonds is 12. The molecule has 1 aliphatic rings. The van der Waals surface area contributed by atoms with Crippen LogP contribution in [0.25, 0.3) is 33.0 Å². The number of hydrogen-bond donors (Lipinski definition) is 0. The van der Waals surface area contributed by atoms with Crippen LogP contribution in [0, 0.1) is 0 Å². The number of quaternary nitrogens is 2. The number of allylic oxidation sites excluding steroid dienone is 2. The van der Waals surface area contributed by atoms with Gasteiger partial charge in [0.2, 0.25) is 5.52 Å². The van der Waals surface area contributed by atoms with Crippen molar-refractivity contribution in [1.82, 2.24) is 0 Å². The largest absolute Gasteiger partial charge is 0.496 e. The molecule has 0 fully saturated rings. The fourth-order valence-corrected chi connectivity index (χ4v) is 7.93. The van der Waals surface area contributed by atoms with Crippen molar-refractivity contribution in [2.45, 2.75) is 19.5 Å². The highest BCUT2D eigenvalue weighted by Crippen LogP contribution is 2.40. The number of aromatic nitrogens is 1. The molecule has 7 heteroatoms. The molecule has 1 aromatic heterocycles. The Kier molecular flexibility index (Phi) is 9.98. The molecular weight excluding hydrogens is 625 g/mol. The van der Waals surface area contributed by atoms with Gasteiger partial charge < -0.3 is 23.3 Å². The van der Waals surface area contributed by atoms with Gasteiger partial charge in [0.05, 0.1) is 68.1 Å². The van der Waals surface area contributed by atoms with E-state index in [1.54, 1.807) is 25.6 Å². The molecule has 0 amide bonds. The second kappa shape index (κ2) is 14.2. The van der Waals surface area contributed by atoms with Crippen molar-refractivity contribution in [3.63, 3.8) is 0 Å². The molecule has 1 aliphatic heterocycles. The molecule has 0 spiro atoms. The number of aryl methyl sites for hydroxylation is 1. The van der Waals surface area contributed by atoms with E-state index in [0.717, 1.165) is 44.7 Å². The lowest BCUT2D eigenvalue weighted by atomic mass is 9.99. The van der Waals surface area contributed by atoms with E-state index in [2.05, 4.69) is 137 Å². The lowest BCUT2D eigenvalue weighted by Gasteiger charge is -2.32. The molecule has 0 N–H and O–H groups in total. The third-order valence-electron chi connectivity index (χ3n) is 9.40. The van der Waals surface area contributed by atoms with Gasteiger partial charge in [-0.3, -0.25) is 0 Å². The molecule has 6 rings (SSSR count). The summed E-state index contributed by atoms with van der Waals surface area (Å²) >= 11 is 1.80. The predicted molar refractivity (Wildman–Crippen MR) is 206 cm³/mol. The van der Waals surface area contributed by atoms with Crippen molar-refractivity contribution in [3.8, 4) is 22.6 Å². The molecule has 0 radical (unpaired) electrons. The number of hydrogen-bond acceptors (Lipinski definition) is 4. The maximum atomic E-state index is 5.70. The van der Waals surface area contributed by atoms with Crippen molar-refractivity contribution >= 4 is 38.9 Å². The lowest BCUT2D eigenvalue weighted by Crippen LogP contribution is -2.43. The monoisotopic (exact) mass is 675 g/mol. The SMILES string of the molecule is COc1cccc(OC)c1-c1ccc2c(c1)sc(C=C1C=CN(Cc3ccc(C[N+](C)(C)CCC[N+](C)(C)C)cc3)c3ccccc31)[n+]2C. The van der Waals surface area contributed by atoms with Crippen molar-refractivity contribution in [1.29, 1.82) is 0 Å². The number of thiazole rings is 1. The molecule has 0 unspecified atom stereocenters. The number of nitrogens with zero attached hydrogens (tertiary/aromatic N) is 4. The zero-order valence-electron chi connectivity index (χ0n) is 30.4. The third-order valence-corrected chi connectivity index (χ3v) is 10.5. The number of benzene rings is 4. The summed E-state index contributed by atoms with van der Waals surface area (Å²) in [6, 6.07) is 30.5. The van der Waals surface area contributed by atoms with Crippen molar-refractivity contribution in [2.75, 3.05) is 67.4 Å². The summed E-state index contributed by atoms with van der Waals surface area (Å²) in [6.45, 7) is 4.26. The summed E-state index contributed by atoms with van der Waals surface area (Å²) < 4.78 is 16.9. The first-order chi connectivity index (χ1) is 23.4. The van der Waals surface area contributed by atoms with Crippen molar-refractivity contribution < 1.29 is 23.0 Å². The van der Waals surface area contributed by atoms with Crippen LogP contribution in [0.1, 0.15) is 28.1 Å². The smallest absolute Gasteiger partial charge is 0.263 e. The Morgan fingerprint density at radius 2 is 1.49 bits per heavy atom. The van der Waals surface area contributed by atoms with E-state index in [-0.39, 0.29) is 0 Å². The fourth-order valence-electron chi connectivity index (χ4n) is 6.79. The Bertz CT molecular complexity index is 1980. The first kappa shape index (κ1) is 34.4. The topological polar surface area (TPSA) is 25.6 Å². The van der Waals surface area contributed by atoms with Gasteiger partial charge in [-0.2, -0.15) is 4.57 Å². The lowest BCUT2D eigenvalue weighted by molar-refractivity contribution is -0.912. The maximum Gasteiger partial charge on any atom is 0.263 e. The number of ether oxygens (including phenoxy) is 2. The number of anilines is 1. The molecule has 4 aromatic carbocycles. The Morgan fingerprint density at radius 3 is 2.18 bits per heavy atom. The summed E-state index contributed by atoms with van der Waals surface area (Å²) in [5.41, 5.74) is 9.62. The summed E-state index contributed by atoms with van der Waals surface area (Å²) in [7, 11) is 17.1. The molecule has 0 atom stereocenters. The minimum atomic E-state index is 0.802. The van der Waals surface area contributed by atoms with Crippen LogP contribution in [0.2, 0.25) is 0 Å². The van der Waals surface area contributed by atoms with Gasteiger partial charge in [-0.15, -0.1) is 0 Å². The molecule has 0 aliphatic carbocycles. The zero-order chi connectivity index (χ0) is 34.8. The van der Waals surface area contributed by atoms with Crippen LogP contribution in [0.4, 0.5) is 5.69 Å². The van der Waals surface area contributed by atoms with Gasteiger partial charge in [0.1, 0.15) is 29.8 Å². The van der Waals surface area contributed by atoms with Crippen LogP contribution < -0.4 is 18.9 Å². The van der Waals surface area contributed by atoms with Gasteiger partial charge >= 0.3 is 0 Å². The Morgan fingerprint density at radius 1 is 0.796 bits per heavy atom. The summed E-state index contributed by atoms with van der Waals surface area (Å²) in [4.78, 5) is 2.37. The quantitative estimate of drug-likeness (QED) is 0.0986. The average molecular weight is 676 g/mol. The van der Waals surface area contributed by atoms with E-state index in [4.69, 9.17) is 9.47 Å². The highest BCUT2D eigenvalue weighted by Gasteiger charge is 2.23. The minimum Gasteiger partial charge on any atom is -0.496 e. The normalized spacial score (nSPS) is 14.0. The van der Waals surface area contributed by atoms with Crippen LogP contribution in [0.3, 0.4) is 0 Å². The van der Waals surface area contributed by atoms with E-state index >= 15 is 0 Å². The maximum absolute atomic E-state index is 5.70. The molecule has 0 bridgehead atoms. The zero-order valence-corrected chi connectivity index (χ0v) is 31.2. The number of fused-ring (bicyclic) bond motifs is 2. The van der Waals surface area contributed by atoms with E-state index in [9.17, 15) is 0 Å². The Balaban J connectivity index is 1.21. The van der Waals surface area contributed by atoms with E-state index in [0.29, 0.717) is 0 Å². The van der Waals surface area contributed by atoms with Gasteiger partial charge in [0.25, 0.3) is 5.01 Å². The summed E-state index contributed by atoms with van der Waals surface area (Å²) in [5, 5.41) is 1.19. The highest BCUT2D eigenvalue weighted by molar-refractivity contribution is 7.19. The van der Waals surface area contributed by atoms with Gasteiger partial charge in [0.15, 0.2) is 0 Å². The van der Waals surface area contributed by atoms with Crippen molar-refractivity contribution in [2.24, 2.45) is 7.05 Å². The molecule has 5 aromatic rings. The Hall–Kier alpha value is -4.43. The van der Waals surface area contributed by atoms with Crippen LogP contribution in [-0.2, 0) is 20.1 Å². The standard InChI is InChI=1S/C42H51N4O2S/c1-43-37-22-21-34(42-38(47-7)15-11-16-39(42)48-8)27-40(37)49-41(43)28-33-23-24-44(36-14-10-9-13-35(33)36)29-31-17-19-32(20-18-31)30-46(5,6)26-12-25-45(2,3)4/h9-11,13-24,27-28H,12,25-26,29-30H2,1-8H3/q+3. The molecule has 0 saturated heterocycles. The van der Waals surface area contributed by atoms with Crippen LogP contribution >= 0.6 is 11.3 Å². The van der Waals surface area contributed by atoms with Gasteiger partial charge in [-0.25, -0.2) is 0 Å². The molecule has 49 heavy (non-hydrogen) atoms. The molecule has 6 nitrogen and oxygen atoms in total. The molecule has 0 saturated carbocycles. The average Bonchev–Trinajstić information content (AvgIpc) is 3.39. The molecule has 254 valence electrons. The minimum absolute atomic E-state index is 0.802. The summed E-state index contributed by atoms with van der Waals surface area (Å²) in [5.74, 6) is 1.60. The molecule has 2 heterocycles. The van der Waals surface area contributed by atoms with Crippen LogP contribution in [0.5, 0.6) is 11.5 Å². The van der Waals surface area contributed by atoms with Crippen molar-refractivity contribution in [3.05, 3.63) is 119 Å². The predicted octanol–water partition coefficient (Wildman–Crippen LogP) is 8.16. The second-order valence-electron chi connectivity index (χ2n) is 14.8. The van der Waals surface area contributed by atoms with E-state index in [1.165, 1.54) is 62.7 Å². The number of para-hydroxylation sites is 1. The first-order valence-corrected chi connectivity index (χ1v) is 17.9. The fraction of sp³-hybridized carbons (Fsp3) is 0.310. The summed E-state index contributed by atoms with van der Waals surface area (Å²) in [6.07, 6.45) is 8.03.